The summed E-state index contributed by atoms with van der Waals surface area (Å²) >= 11 is 1.09. The van der Waals surface area contributed by atoms with Crippen molar-refractivity contribution in [2.75, 3.05) is 18.8 Å². The fraction of sp³-hybridized carbons (Fsp3) is 0.520. The Morgan fingerprint density at radius 2 is 1.95 bits per heavy atom. The standard InChI is InChI=1S/C25H27F3N6O6S.Na/c26-25(27,28)11-33-8-7-13(21(33)36)9-12-5-6-16-18(22(37)34(16)19(12)23(38)39)31-20(35)17(15-10-41-24(29)30-15)32-40-14-3-1-2-4-14;/h9-10,14,16,18H,1-8,11H2,(H2,29,30)(H,31,35)(H,38,39);/q;+1/p-1/b13-9+,32-17-;/t16-,18+;/m1./s1. The summed E-state index contributed by atoms with van der Waals surface area (Å²) in [4.78, 5) is 62.1. The van der Waals surface area contributed by atoms with E-state index in [1.54, 1.807) is 0 Å². The average molecular weight is 619 g/mol. The molecule has 3 N–H and O–H groups in total. The molecule has 0 bridgehead atoms. The molecule has 220 valence electrons. The number of allylic oxidation sites excluding steroid dienone is 2. The maximum absolute atomic E-state index is 13.2. The molecule has 0 spiro atoms. The van der Waals surface area contributed by atoms with Crippen LogP contribution in [0.25, 0.3) is 0 Å². The van der Waals surface area contributed by atoms with E-state index < -0.39 is 54.2 Å². The van der Waals surface area contributed by atoms with Crippen molar-refractivity contribution in [3.8, 4) is 0 Å². The molecule has 2 atom stereocenters. The van der Waals surface area contributed by atoms with Crippen molar-refractivity contribution in [3.63, 3.8) is 0 Å². The van der Waals surface area contributed by atoms with E-state index in [-0.39, 0.29) is 89.2 Å². The van der Waals surface area contributed by atoms with Gasteiger partial charge in [-0.25, -0.2) is 4.98 Å². The number of aromatic nitrogens is 1. The van der Waals surface area contributed by atoms with Crippen LogP contribution in [0.1, 0.15) is 50.6 Å². The first-order chi connectivity index (χ1) is 19.4. The Kier molecular flexibility index (Phi) is 9.69. The van der Waals surface area contributed by atoms with Gasteiger partial charge >= 0.3 is 35.7 Å². The molecule has 0 radical (unpaired) electrons. The number of β-lactam (4-membered cyclic amide) rings is 1. The van der Waals surface area contributed by atoms with Crippen LogP contribution in [0, 0.1) is 0 Å². The number of thiazole rings is 1. The van der Waals surface area contributed by atoms with Gasteiger partial charge in [-0.2, -0.15) is 13.2 Å². The van der Waals surface area contributed by atoms with E-state index in [1.165, 1.54) is 11.5 Å². The number of alkyl halides is 3. The monoisotopic (exact) mass is 618 g/mol. The molecule has 12 nitrogen and oxygen atoms in total. The first kappa shape index (κ1) is 32.0. The number of anilines is 1. The molecule has 3 amide bonds. The molecule has 1 aliphatic carbocycles. The second-order valence-corrected chi connectivity index (χ2v) is 11.1. The Balaban J connectivity index is 0.00000405. The zero-order valence-corrected chi connectivity index (χ0v) is 25.4. The number of rotatable bonds is 8. The number of amides is 3. The molecule has 1 aromatic rings. The third-order valence-electron chi connectivity index (χ3n) is 7.46. The third-order valence-corrected chi connectivity index (χ3v) is 8.13. The number of nitrogens with two attached hydrogens (primary N) is 1. The second-order valence-electron chi connectivity index (χ2n) is 10.2. The minimum Gasteiger partial charge on any atom is -0.543 e. The first-order valence-electron chi connectivity index (χ1n) is 13.0. The molecular formula is C25H26F3N6NaO6S. The van der Waals surface area contributed by atoms with Gasteiger partial charge in [-0.15, -0.1) is 11.3 Å². The first-order valence-corrected chi connectivity index (χ1v) is 13.9. The van der Waals surface area contributed by atoms with Crippen LogP contribution in [0.5, 0.6) is 0 Å². The van der Waals surface area contributed by atoms with Gasteiger partial charge in [0, 0.05) is 17.5 Å². The molecule has 4 heterocycles. The maximum atomic E-state index is 13.2. The van der Waals surface area contributed by atoms with E-state index in [4.69, 9.17) is 10.6 Å². The Morgan fingerprint density at radius 3 is 2.57 bits per heavy atom. The van der Waals surface area contributed by atoms with E-state index in [2.05, 4.69) is 15.5 Å². The molecule has 3 fully saturated rings. The van der Waals surface area contributed by atoms with Crippen LogP contribution in [0.3, 0.4) is 0 Å². The zero-order chi connectivity index (χ0) is 29.5. The Morgan fingerprint density at radius 1 is 1.24 bits per heavy atom. The molecule has 4 aliphatic rings. The van der Waals surface area contributed by atoms with Gasteiger partial charge in [-0.05, 0) is 56.6 Å². The van der Waals surface area contributed by atoms with Crippen molar-refractivity contribution >= 4 is 45.9 Å². The number of carbonyl (C=O) groups is 4. The Bertz CT molecular complexity index is 1370. The maximum Gasteiger partial charge on any atom is 1.00 e. The van der Waals surface area contributed by atoms with Crippen LogP contribution >= 0.6 is 11.3 Å². The number of hydrogen-bond acceptors (Lipinski definition) is 10. The number of aliphatic carboxylic acids is 1. The van der Waals surface area contributed by atoms with Gasteiger partial charge in [0.1, 0.15) is 24.4 Å². The van der Waals surface area contributed by atoms with Crippen molar-refractivity contribution in [3.05, 3.63) is 34.0 Å². The number of carbonyl (C=O) groups excluding carboxylic acids is 4. The van der Waals surface area contributed by atoms with Crippen LogP contribution in [0.2, 0.25) is 0 Å². The summed E-state index contributed by atoms with van der Waals surface area (Å²) in [6, 6.07) is -1.80. The van der Waals surface area contributed by atoms with Gasteiger partial charge in [0.2, 0.25) is 5.91 Å². The van der Waals surface area contributed by atoms with Crippen molar-refractivity contribution < 1.29 is 71.9 Å². The molecule has 1 aromatic heterocycles. The third kappa shape index (κ3) is 6.66. The number of fused-ring (bicyclic) bond motifs is 1. The fourth-order valence-electron chi connectivity index (χ4n) is 5.53. The van der Waals surface area contributed by atoms with E-state index in [0.717, 1.165) is 41.9 Å². The fourth-order valence-corrected chi connectivity index (χ4v) is 6.08. The number of halogens is 3. The van der Waals surface area contributed by atoms with Crippen LogP contribution in [-0.2, 0) is 24.0 Å². The molecule has 2 saturated heterocycles. The number of nitrogens with zero attached hydrogens (tertiary/aromatic N) is 4. The number of hydrogen-bond donors (Lipinski definition) is 2. The smallest absolute Gasteiger partial charge is 0.543 e. The number of oxime groups is 1. The Hall–Kier alpha value is -2.95. The van der Waals surface area contributed by atoms with E-state index >= 15 is 0 Å². The van der Waals surface area contributed by atoms with Gasteiger partial charge in [0.25, 0.3) is 11.8 Å². The van der Waals surface area contributed by atoms with E-state index in [1.807, 2.05) is 0 Å². The summed E-state index contributed by atoms with van der Waals surface area (Å²) in [5, 5.41) is 20.4. The number of nitrogens with one attached hydrogen (secondary N) is 1. The summed E-state index contributed by atoms with van der Waals surface area (Å²) in [5.74, 6) is -3.99. The number of likely N-dealkylation sites (tertiary alicyclic amines) is 1. The predicted octanol–water partition coefficient (Wildman–Crippen LogP) is -2.39. The SMILES string of the molecule is Nc1nc(/C(=N/OC2CCCC2)C(=O)N[C@@H]2C(=O)N3C(C(=O)[O-])=C(/C=C4\CCN(CC(F)(F)F)C4=O)CC[C@H]23)cs1.[Na+]. The van der Waals surface area contributed by atoms with Crippen molar-refractivity contribution in [1.82, 2.24) is 20.1 Å². The normalized spacial score (nSPS) is 24.1. The van der Waals surface area contributed by atoms with E-state index in [0.29, 0.717) is 4.90 Å². The van der Waals surface area contributed by atoms with Gasteiger partial charge in [0.15, 0.2) is 10.8 Å². The molecular weight excluding hydrogens is 592 g/mol. The van der Waals surface area contributed by atoms with Gasteiger partial charge in [0.05, 0.1) is 17.7 Å². The molecule has 0 aromatic carbocycles. The second kappa shape index (κ2) is 12.7. The number of carboxylic acid groups (broad SMARTS) is 1. The van der Waals surface area contributed by atoms with Crippen LogP contribution in [0.15, 0.2) is 33.5 Å². The molecule has 3 aliphatic heterocycles. The Labute approximate surface area is 264 Å². The zero-order valence-electron chi connectivity index (χ0n) is 22.6. The number of nitrogen functional groups attached to an aromatic ring is 1. The summed E-state index contributed by atoms with van der Waals surface area (Å²) in [5.41, 5.74) is 5.35. The minimum atomic E-state index is -4.57. The van der Waals surface area contributed by atoms with Crippen molar-refractivity contribution in [1.29, 1.82) is 0 Å². The minimum absolute atomic E-state index is 0. The molecule has 0 unspecified atom stereocenters. The predicted molar refractivity (Wildman–Crippen MR) is 136 cm³/mol. The topological polar surface area (TPSA) is 170 Å². The average Bonchev–Trinajstić information content (AvgIpc) is 3.65. The van der Waals surface area contributed by atoms with Gasteiger partial charge in [-0.1, -0.05) is 5.16 Å². The van der Waals surface area contributed by atoms with E-state index in [9.17, 15) is 37.5 Å². The summed E-state index contributed by atoms with van der Waals surface area (Å²) < 4.78 is 38.3. The molecule has 42 heavy (non-hydrogen) atoms. The van der Waals surface area contributed by atoms with Crippen molar-refractivity contribution in [2.24, 2.45) is 5.16 Å². The quantitative estimate of drug-likeness (QED) is 0.107. The largest absolute Gasteiger partial charge is 1.00 e. The number of carboxylic acids is 1. The van der Waals surface area contributed by atoms with Crippen molar-refractivity contribution in [2.45, 2.75) is 69.3 Å². The van der Waals surface area contributed by atoms with Crippen LogP contribution in [0.4, 0.5) is 18.3 Å². The van der Waals surface area contributed by atoms with Crippen LogP contribution < -0.4 is 45.7 Å². The summed E-state index contributed by atoms with van der Waals surface area (Å²) in [7, 11) is 0. The molecule has 1 saturated carbocycles. The summed E-state index contributed by atoms with van der Waals surface area (Å²) in [6.07, 6.45) is 0.370. The van der Waals surface area contributed by atoms with Gasteiger partial charge in [-0.3, -0.25) is 14.4 Å². The van der Waals surface area contributed by atoms with Crippen LogP contribution in [-0.4, -0.2) is 81.6 Å². The molecule has 5 rings (SSSR count). The summed E-state index contributed by atoms with van der Waals surface area (Å²) in [6.45, 7) is -1.56. The molecule has 17 heteroatoms. The van der Waals surface area contributed by atoms with Gasteiger partial charge < -0.3 is 35.6 Å².